The Balaban J connectivity index is 1.34. The van der Waals surface area contributed by atoms with Crippen LogP contribution >= 0.6 is 0 Å². The fraction of sp³-hybridized carbons (Fsp3) is 0.429. The zero-order valence-electron chi connectivity index (χ0n) is 25.3. The van der Waals surface area contributed by atoms with Gasteiger partial charge in [-0.15, -0.1) is 0 Å². The molecule has 0 bridgehead atoms. The molecule has 0 aromatic heterocycles. The van der Waals surface area contributed by atoms with Gasteiger partial charge < -0.3 is 20.3 Å². The Labute approximate surface area is 257 Å². The Morgan fingerprint density at radius 3 is 2.18 bits per heavy atom. The molecule has 2 heterocycles. The molecule has 5 rings (SSSR count). The summed E-state index contributed by atoms with van der Waals surface area (Å²) in [5, 5.41) is 0. The van der Waals surface area contributed by atoms with E-state index in [4.69, 9.17) is 10.5 Å². The van der Waals surface area contributed by atoms with E-state index in [1.54, 1.807) is 35.2 Å². The van der Waals surface area contributed by atoms with Crippen LogP contribution < -0.4 is 10.5 Å². The lowest BCUT2D eigenvalue weighted by molar-refractivity contribution is -0.137. The average Bonchev–Trinajstić information content (AvgIpc) is 3.45. The van der Waals surface area contributed by atoms with E-state index in [1.165, 1.54) is 0 Å². The lowest BCUT2D eigenvalue weighted by Gasteiger charge is -2.41. The molecule has 1 unspecified atom stereocenters. The molecule has 3 aromatic carbocycles. The number of carbonyl (C=O) groups is 2. The van der Waals surface area contributed by atoms with Crippen molar-refractivity contribution in [3.05, 3.63) is 101 Å². The second kappa shape index (κ2) is 12.6. The molecule has 0 saturated carbocycles. The molecule has 2 N–H and O–H groups in total. The summed E-state index contributed by atoms with van der Waals surface area (Å²) in [6, 6.07) is 22.2. The van der Waals surface area contributed by atoms with Crippen LogP contribution in [0, 0.1) is 0 Å². The molecule has 2 aliphatic heterocycles. The number of alkyl halides is 3. The minimum atomic E-state index is -4.42. The number of rotatable bonds is 9. The lowest BCUT2D eigenvalue weighted by Crippen LogP contribution is -2.50. The van der Waals surface area contributed by atoms with Gasteiger partial charge in [-0.3, -0.25) is 9.59 Å². The number of primary amides is 1. The van der Waals surface area contributed by atoms with Gasteiger partial charge in [0, 0.05) is 24.1 Å². The number of benzene rings is 3. The van der Waals surface area contributed by atoms with Crippen molar-refractivity contribution in [3.8, 4) is 5.75 Å². The second-order valence-corrected chi connectivity index (χ2v) is 12.4. The van der Waals surface area contributed by atoms with Crippen molar-refractivity contribution in [2.24, 2.45) is 5.73 Å². The fourth-order valence-electron chi connectivity index (χ4n) is 6.76. The first kappa shape index (κ1) is 31.6. The summed E-state index contributed by atoms with van der Waals surface area (Å²) >= 11 is 0. The van der Waals surface area contributed by atoms with Crippen LogP contribution in [0.3, 0.4) is 0 Å². The predicted molar refractivity (Wildman–Crippen MR) is 163 cm³/mol. The predicted octanol–water partition coefficient (Wildman–Crippen LogP) is 6.19. The van der Waals surface area contributed by atoms with Crippen LogP contribution in [0.25, 0.3) is 0 Å². The first-order chi connectivity index (χ1) is 20.9. The number of piperidine rings is 1. The smallest absolute Gasteiger partial charge is 0.416 e. The Hall–Kier alpha value is -3.85. The van der Waals surface area contributed by atoms with Crippen molar-refractivity contribution in [1.29, 1.82) is 0 Å². The van der Waals surface area contributed by atoms with Crippen molar-refractivity contribution in [2.75, 3.05) is 32.7 Å². The van der Waals surface area contributed by atoms with E-state index in [0.717, 1.165) is 23.3 Å². The minimum Gasteiger partial charge on any atom is -0.491 e. The van der Waals surface area contributed by atoms with Gasteiger partial charge in [0.15, 0.2) is 0 Å². The maximum Gasteiger partial charge on any atom is 0.416 e. The largest absolute Gasteiger partial charge is 0.491 e. The number of hydrogen-bond donors (Lipinski definition) is 1. The molecule has 2 aliphatic rings. The van der Waals surface area contributed by atoms with Gasteiger partial charge in [-0.05, 0) is 101 Å². The maximum atomic E-state index is 13.6. The fourth-order valence-corrected chi connectivity index (χ4v) is 6.76. The molecule has 1 atom stereocenters. The standard InChI is InChI=1S/C35H40F3N3O3/c1-25(2)44-30-10-6-7-26(23-30)31(42)41-22-16-33(24-41,27-11-13-29(14-12-27)35(36,37)38)15-19-40-20-17-34(18-21-40,32(39)43)28-8-4-3-5-9-28/h3-14,23,25H,15-22,24H2,1-2H3,(H2,39,43). The van der Waals surface area contributed by atoms with Gasteiger partial charge in [0.2, 0.25) is 5.91 Å². The summed E-state index contributed by atoms with van der Waals surface area (Å²) in [6.07, 6.45) is -1.97. The summed E-state index contributed by atoms with van der Waals surface area (Å²) in [7, 11) is 0. The molecule has 6 nitrogen and oxygen atoms in total. The number of amides is 2. The third-order valence-corrected chi connectivity index (χ3v) is 9.33. The quantitative estimate of drug-likeness (QED) is 0.315. The Bertz CT molecular complexity index is 1450. The third-order valence-electron chi connectivity index (χ3n) is 9.33. The van der Waals surface area contributed by atoms with E-state index in [1.807, 2.05) is 50.2 Å². The summed E-state index contributed by atoms with van der Waals surface area (Å²) in [6.45, 7) is 6.77. The molecule has 0 spiro atoms. The van der Waals surface area contributed by atoms with Crippen LogP contribution in [0.1, 0.15) is 66.6 Å². The van der Waals surface area contributed by atoms with Gasteiger partial charge >= 0.3 is 6.18 Å². The van der Waals surface area contributed by atoms with Crippen LogP contribution in [0.15, 0.2) is 78.9 Å². The number of nitrogens with two attached hydrogens (primary N) is 1. The van der Waals surface area contributed by atoms with Crippen LogP contribution in [-0.2, 0) is 21.8 Å². The normalized spacial score (nSPS) is 20.5. The van der Waals surface area contributed by atoms with Crippen molar-refractivity contribution in [2.45, 2.75) is 62.6 Å². The number of nitrogens with zero attached hydrogens (tertiary/aromatic N) is 2. The van der Waals surface area contributed by atoms with Crippen molar-refractivity contribution in [1.82, 2.24) is 9.80 Å². The van der Waals surface area contributed by atoms with Gasteiger partial charge in [-0.1, -0.05) is 48.5 Å². The van der Waals surface area contributed by atoms with Crippen LogP contribution in [0.2, 0.25) is 0 Å². The molecule has 9 heteroatoms. The van der Waals surface area contributed by atoms with E-state index >= 15 is 0 Å². The molecule has 3 aromatic rings. The molecule has 0 aliphatic carbocycles. The van der Waals surface area contributed by atoms with Crippen molar-refractivity contribution in [3.63, 3.8) is 0 Å². The summed E-state index contributed by atoms with van der Waals surface area (Å²) in [5.41, 5.74) is 6.27. The molecule has 2 saturated heterocycles. The minimum absolute atomic E-state index is 0.0323. The van der Waals surface area contributed by atoms with Gasteiger partial charge in [0.25, 0.3) is 5.91 Å². The Kier molecular flexibility index (Phi) is 9.07. The highest BCUT2D eigenvalue weighted by atomic mass is 19.4. The summed E-state index contributed by atoms with van der Waals surface area (Å²) in [4.78, 5) is 30.4. The lowest BCUT2D eigenvalue weighted by atomic mass is 9.71. The van der Waals surface area contributed by atoms with Gasteiger partial charge in [0.1, 0.15) is 5.75 Å². The number of carbonyl (C=O) groups excluding carboxylic acids is 2. The van der Waals surface area contributed by atoms with E-state index in [-0.39, 0.29) is 17.9 Å². The first-order valence-corrected chi connectivity index (χ1v) is 15.2. The molecule has 44 heavy (non-hydrogen) atoms. The number of likely N-dealkylation sites (tertiary alicyclic amines) is 2. The Morgan fingerprint density at radius 2 is 1.57 bits per heavy atom. The van der Waals surface area contributed by atoms with Gasteiger partial charge in [-0.25, -0.2) is 0 Å². The number of halogens is 3. The first-order valence-electron chi connectivity index (χ1n) is 15.2. The number of ether oxygens (including phenoxy) is 1. The summed E-state index contributed by atoms with van der Waals surface area (Å²) in [5.74, 6) is 0.171. The highest BCUT2D eigenvalue weighted by Gasteiger charge is 2.44. The zero-order chi connectivity index (χ0) is 31.5. The molecular formula is C35H40F3N3O3. The monoisotopic (exact) mass is 607 g/mol. The molecule has 0 radical (unpaired) electrons. The molecular weight excluding hydrogens is 567 g/mol. The third kappa shape index (κ3) is 6.62. The highest BCUT2D eigenvalue weighted by Crippen LogP contribution is 2.41. The maximum absolute atomic E-state index is 13.6. The van der Waals surface area contributed by atoms with E-state index in [9.17, 15) is 22.8 Å². The van der Waals surface area contributed by atoms with E-state index in [2.05, 4.69) is 4.90 Å². The van der Waals surface area contributed by atoms with Crippen molar-refractivity contribution >= 4 is 11.8 Å². The van der Waals surface area contributed by atoms with Gasteiger partial charge in [-0.2, -0.15) is 13.2 Å². The van der Waals surface area contributed by atoms with E-state index < -0.39 is 22.6 Å². The van der Waals surface area contributed by atoms with Crippen molar-refractivity contribution < 1.29 is 27.5 Å². The Morgan fingerprint density at radius 1 is 0.886 bits per heavy atom. The van der Waals surface area contributed by atoms with Crippen LogP contribution in [0.5, 0.6) is 5.75 Å². The average molecular weight is 608 g/mol. The molecule has 234 valence electrons. The number of hydrogen-bond acceptors (Lipinski definition) is 4. The second-order valence-electron chi connectivity index (χ2n) is 12.4. The van der Waals surface area contributed by atoms with Gasteiger partial charge in [0.05, 0.1) is 17.1 Å². The van der Waals surface area contributed by atoms with E-state index in [0.29, 0.717) is 69.7 Å². The zero-order valence-corrected chi connectivity index (χ0v) is 25.3. The SMILES string of the molecule is CC(C)Oc1cccc(C(=O)N2CCC(CCN3CCC(C(N)=O)(c4ccccc4)CC3)(c3ccc(C(F)(F)F)cc3)C2)c1. The summed E-state index contributed by atoms with van der Waals surface area (Å²) < 4.78 is 46.0. The topological polar surface area (TPSA) is 75.9 Å². The highest BCUT2D eigenvalue weighted by molar-refractivity contribution is 5.95. The van der Waals surface area contributed by atoms with Crippen LogP contribution in [0.4, 0.5) is 13.2 Å². The molecule has 2 fully saturated rings. The van der Waals surface area contributed by atoms with Crippen LogP contribution in [-0.4, -0.2) is 60.4 Å². The molecule has 2 amide bonds.